The lowest BCUT2D eigenvalue weighted by Crippen LogP contribution is -2.07. The molecule has 2 aromatic rings. The predicted octanol–water partition coefficient (Wildman–Crippen LogP) is 4.81. The lowest BCUT2D eigenvalue weighted by atomic mass is 9.95. The summed E-state index contributed by atoms with van der Waals surface area (Å²) < 4.78 is 0. The third kappa shape index (κ3) is 2.97. The Morgan fingerprint density at radius 1 is 1.06 bits per heavy atom. The Kier molecular flexibility index (Phi) is 3.43. The van der Waals surface area contributed by atoms with E-state index in [0.29, 0.717) is 16.1 Å². The molecule has 2 nitrogen and oxygen atoms in total. The van der Waals surface area contributed by atoms with Gasteiger partial charge in [0.25, 0.3) is 0 Å². The zero-order valence-corrected chi connectivity index (χ0v) is 12.1. The normalized spacial score (nSPS) is 11.8. The summed E-state index contributed by atoms with van der Waals surface area (Å²) in [6.45, 7) is 6.53. The molecular weight excluding hydrogens is 275 g/mol. The molecule has 0 saturated heterocycles. The molecule has 0 fully saturated rings. The summed E-state index contributed by atoms with van der Waals surface area (Å²) in [5.74, 6) is 0.586. The van der Waals surface area contributed by atoms with E-state index in [1.165, 1.54) is 10.9 Å². The van der Waals surface area contributed by atoms with Crippen molar-refractivity contribution in [1.29, 1.82) is 0 Å². The fourth-order valence-electron chi connectivity index (χ4n) is 1.36. The van der Waals surface area contributed by atoms with E-state index in [4.69, 9.17) is 23.2 Å². The van der Waals surface area contributed by atoms with Gasteiger partial charge in [-0.3, -0.25) is 0 Å². The number of nitrogens with zero attached hydrogens (tertiary/aromatic N) is 2. The maximum Gasteiger partial charge on any atom is 0.172 e. The van der Waals surface area contributed by atoms with Gasteiger partial charge >= 0.3 is 0 Å². The molecular formula is C12H12Cl2N2S. The number of hydrogen-bond acceptors (Lipinski definition) is 3. The van der Waals surface area contributed by atoms with Crippen LogP contribution in [-0.2, 0) is 5.41 Å². The van der Waals surface area contributed by atoms with Crippen molar-refractivity contribution in [2.24, 2.45) is 0 Å². The van der Waals surface area contributed by atoms with Crippen LogP contribution in [-0.4, -0.2) is 9.97 Å². The molecule has 0 amide bonds. The van der Waals surface area contributed by atoms with Gasteiger partial charge in [-0.15, -0.1) is 11.3 Å². The maximum atomic E-state index is 5.87. The second-order valence-electron chi connectivity index (χ2n) is 4.75. The van der Waals surface area contributed by atoms with Gasteiger partial charge in [-0.1, -0.05) is 44.0 Å². The van der Waals surface area contributed by atoms with Gasteiger partial charge in [0.05, 0.1) is 4.88 Å². The van der Waals surface area contributed by atoms with Crippen molar-refractivity contribution >= 4 is 34.5 Å². The van der Waals surface area contributed by atoms with Crippen LogP contribution in [0.1, 0.15) is 25.6 Å². The Morgan fingerprint density at radius 2 is 1.65 bits per heavy atom. The Morgan fingerprint density at radius 3 is 2.12 bits per heavy atom. The highest BCUT2D eigenvalue weighted by molar-refractivity contribution is 7.15. The van der Waals surface area contributed by atoms with Gasteiger partial charge in [0.2, 0.25) is 0 Å². The van der Waals surface area contributed by atoms with E-state index in [1.807, 2.05) is 6.07 Å². The van der Waals surface area contributed by atoms with E-state index in [-0.39, 0.29) is 5.41 Å². The quantitative estimate of drug-likeness (QED) is 0.703. The lowest BCUT2D eigenvalue weighted by Gasteiger charge is -2.15. The van der Waals surface area contributed by atoms with Crippen LogP contribution in [0.5, 0.6) is 0 Å². The van der Waals surface area contributed by atoms with Crippen molar-refractivity contribution < 1.29 is 0 Å². The molecule has 0 radical (unpaired) electrons. The first-order valence-corrected chi connectivity index (χ1v) is 6.74. The Hall–Kier alpha value is -0.640. The molecule has 0 aliphatic carbocycles. The summed E-state index contributed by atoms with van der Waals surface area (Å²) in [5, 5.41) is 0.733. The molecule has 2 aromatic heterocycles. The largest absolute Gasteiger partial charge is 0.215 e. The second kappa shape index (κ2) is 4.56. The van der Waals surface area contributed by atoms with Crippen LogP contribution in [0, 0.1) is 0 Å². The van der Waals surface area contributed by atoms with Gasteiger partial charge < -0.3 is 0 Å². The highest BCUT2D eigenvalue weighted by Crippen LogP contribution is 2.34. The fourth-order valence-corrected chi connectivity index (χ4v) is 2.78. The Balaban J connectivity index is 2.44. The summed E-state index contributed by atoms with van der Waals surface area (Å²) in [7, 11) is 0. The zero-order chi connectivity index (χ0) is 12.6. The molecule has 0 spiro atoms. The zero-order valence-electron chi connectivity index (χ0n) is 9.79. The van der Waals surface area contributed by atoms with Crippen LogP contribution < -0.4 is 0 Å². The maximum absolute atomic E-state index is 5.87. The molecule has 2 heterocycles. The van der Waals surface area contributed by atoms with Crippen LogP contribution in [0.3, 0.4) is 0 Å². The second-order valence-corrected chi connectivity index (χ2v) is 6.61. The summed E-state index contributed by atoms with van der Waals surface area (Å²) in [6.07, 6.45) is 0. The van der Waals surface area contributed by atoms with Crippen LogP contribution >= 0.6 is 34.5 Å². The van der Waals surface area contributed by atoms with Crippen molar-refractivity contribution in [3.63, 3.8) is 0 Å². The van der Waals surface area contributed by atoms with Crippen LogP contribution in [0.2, 0.25) is 10.3 Å². The molecule has 0 atom stereocenters. The molecule has 2 rings (SSSR count). The van der Waals surface area contributed by atoms with Crippen LogP contribution in [0.15, 0.2) is 18.2 Å². The van der Waals surface area contributed by atoms with Crippen molar-refractivity contribution in [3.8, 4) is 10.7 Å². The van der Waals surface area contributed by atoms with Crippen molar-refractivity contribution in [1.82, 2.24) is 9.97 Å². The SMILES string of the molecule is CC(C)(C)c1ccc(-c2nc(Cl)cc(Cl)n2)s1. The van der Waals surface area contributed by atoms with Crippen molar-refractivity contribution in [2.45, 2.75) is 26.2 Å². The molecule has 0 saturated carbocycles. The average Bonchev–Trinajstić information content (AvgIpc) is 2.63. The average molecular weight is 287 g/mol. The number of hydrogen-bond donors (Lipinski definition) is 0. The number of halogens is 2. The van der Waals surface area contributed by atoms with E-state index in [1.54, 1.807) is 11.3 Å². The molecule has 0 aliphatic heterocycles. The van der Waals surface area contributed by atoms with Gasteiger partial charge in [0, 0.05) is 10.9 Å². The van der Waals surface area contributed by atoms with Gasteiger partial charge in [0.1, 0.15) is 10.3 Å². The summed E-state index contributed by atoms with van der Waals surface area (Å²) >= 11 is 13.4. The third-order valence-corrected chi connectivity index (χ3v) is 4.12. The van der Waals surface area contributed by atoms with E-state index >= 15 is 0 Å². The van der Waals surface area contributed by atoms with E-state index < -0.39 is 0 Å². The topological polar surface area (TPSA) is 25.8 Å². The molecule has 0 bridgehead atoms. The monoisotopic (exact) mass is 286 g/mol. The van der Waals surface area contributed by atoms with Gasteiger partial charge in [-0.2, -0.15) is 0 Å². The summed E-state index contributed by atoms with van der Waals surface area (Å²) in [6, 6.07) is 5.64. The van der Waals surface area contributed by atoms with Gasteiger partial charge in [-0.05, 0) is 17.5 Å². The molecule has 0 aliphatic rings. The first-order valence-electron chi connectivity index (χ1n) is 5.17. The third-order valence-electron chi connectivity index (χ3n) is 2.23. The van der Waals surface area contributed by atoms with Gasteiger partial charge in [-0.25, -0.2) is 9.97 Å². The Labute approximate surface area is 115 Å². The van der Waals surface area contributed by atoms with E-state index in [0.717, 1.165) is 4.88 Å². The van der Waals surface area contributed by atoms with E-state index in [2.05, 4.69) is 36.8 Å². The number of thiophene rings is 1. The summed E-state index contributed by atoms with van der Waals surface area (Å²) in [5.41, 5.74) is 0.130. The first kappa shape index (κ1) is 12.8. The highest BCUT2D eigenvalue weighted by Gasteiger charge is 2.17. The smallest absolute Gasteiger partial charge is 0.172 e. The minimum Gasteiger partial charge on any atom is -0.215 e. The molecule has 5 heteroatoms. The molecule has 0 unspecified atom stereocenters. The molecule has 0 N–H and O–H groups in total. The summed E-state index contributed by atoms with van der Waals surface area (Å²) in [4.78, 5) is 10.6. The van der Waals surface area contributed by atoms with Crippen LogP contribution in [0.25, 0.3) is 10.7 Å². The fraction of sp³-hybridized carbons (Fsp3) is 0.333. The first-order chi connectivity index (χ1) is 7.86. The van der Waals surface area contributed by atoms with E-state index in [9.17, 15) is 0 Å². The number of aromatic nitrogens is 2. The van der Waals surface area contributed by atoms with Crippen molar-refractivity contribution in [2.75, 3.05) is 0 Å². The Bertz CT molecular complexity index is 523. The van der Waals surface area contributed by atoms with Crippen LogP contribution in [0.4, 0.5) is 0 Å². The lowest BCUT2D eigenvalue weighted by molar-refractivity contribution is 0.604. The standard InChI is InChI=1S/C12H12Cl2N2S/c1-12(2,3)8-5-4-7(17-8)11-15-9(13)6-10(14)16-11/h4-6H,1-3H3. The number of rotatable bonds is 1. The minimum absolute atomic E-state index is 0.130. The van der Waals surface area contributed by atoms with Crippen molar-refractivity contribution in [3.05, 3.63) is 33.4 Å². The highest BCUT2D eigenvalue weighted by atomic mass is 35.5. The minimum atomic E-state index is 0.130. The predicted molar refractivity (Wildman–Crippen MR) is 74.1 cm³/mol. The molecule has 17 heavy (non-hydrogen) atoms. The molecule has 90 valence electrons. The molecule has 0 aromatic carbocycles. The van der Waals surface area contributed by atoms with Gasteiger partial charge in [0.15, 0.2) is 5.82 Å².